The van der Waals surface area contributed by atoms with Gasteiger partial charge in [-0.05, 0) is 56.0 Å². The molecule has 0 aliphatic carbocycles. The van der Waals surface area contributed by atoms with Gasteiger partial charge in [-0.3, -0.25) is 4.79 Å². The van der Waals surface area contributed by atoms with E-state index in [1.54, 1.807) is 26.4 Å². The average Bonchev–Trinajstić information content (AvgIpc) is 3.09. The highest BCUT2D eigenvalue weighted by Crippen LogP contribution is 2.28. The second kappa shape index (κ2) is 26.0. The molecule has 0 atom stereocenters. The van der Waals surface area contributed by atoms with Crippen LogP contribution >= 0.6 is 0 Å². The summed E-state index contributed by atoms with van der Waals surface area (Å²) in [5, 5.41) is 8.50. The normalized spacial score (nSPS) is 11.2. The minimum atomic E-state index is 0.768. The maximum Gasteiger partial charge on any atom is 0.142 e. The number of hydrogen-bond donors (Lipinski definition) is 0. The number of unbranched alkanes of at least 4 members (excludes halogenated alkanes) is 4. The quantitative estimate of drug-likeness (QED) is 0.0594. The molecule has 0 radical (unpaired) electrons. The van der Waals surface area contributed by atoms with Gasteiger partial charge in [0.15, 0.2) is 0 Å². The van der Waals surface area contributed by atoms with Crippen LogP contribution in [0.15, 0.2) is 72.9 Å². The highest BCUT2D eigenvalue weighted by atomic mass is 16.5. The van der Waals surface area contributed by atoms with E-state index in [4.69, 9.17) is 14.7 Å². The van der Waals surface area contributed by atoms with Crippen LogP contribution in [0.25, 0.3) is 12.2 Å². The molecular weight excluding hydrogens is 570 g/mol. The van der Waals surface area contributed by atoms with Gasteiger partial charge in [0, 0.05) is 66.9 Å². The zero-order valence-corrected chi connectivity index (χ0v) is 29.2. The van der Waals surface area contributed by atoms with Gasteiger partial charge in [-0.25, -0.2) is 0 Å². The molecule has 0 saturated carbocycles. The van der Waals surface area contributed by atoms with Gasteiger partial charge in [0.2, 0.25) is 0 Å². The zero-order chi connectivity index (χ0) is 33.8. The number of carbonyl (C=O) groups excluding carboxylic acids is 1. The lowest BCUT2D eigenvalue weighted by Crippen LogP contribution is -2.25. The number of ether oxygens (including phenoxy) is 2. The molecule has 6 nitrogen and oxygen atoms in total. The van der Waals surface area contributed by atoms with Crippen LogP contribution in [0.4, 0.5) is 11.4 Å². The molecule has 0 bridgehead atoms. The van der Waals surface area contributed by atoms with Gasteiger partial charge in [0.1, 0.15) is 17.8 Å². The summed E-state index contributed by atoms with van der Waals surface area (Å²) < 4.78 is 11.1. The zero-order valence-electron chi connectivity index (χ0n) is 29.2. The van der Waals surface area contributed by atoms with Crippen molar-refractivity contribution in [1.29, 1.82) is 5.26 Å². The topological polar surface area (TPSA) is 65.8 Å². The van der Waals surface area contributed by atoms with Gasteiger partial charge in [0.05, 0.1) is 20.3 Å². The summed E-state index contributed by atoms with van der Waals surface area (Å²) in [5.74, 6) is 1.72. The van der Waals surface area contributed by atoms with Gasteiger partial charge >= 0.3 is 0 Å². The lowest BCUT2D eigenvalue weighted by atomic mass is 10.1. The third kappa shape index (κ3) is 15.7. The fourth-order valence-electron chi connectivity index (χ4n) is 4.73. The van der Waals surface area contributed by atoms with Crippen LogP contribution in [-0.2, 0) is 4.79 Å². The molecule has 6 heteroatoms. The predicted octanol–water partition coefficient (Wildman–Crippen LogP) is 10.1. The van der Waals surface area contributed by atoms with Crippen molar-refractivity contribution >= 4 is 29.8 Å². The van der Waals surface area contributed by atoms with Crippen molar-refractivity contribution in [2.45, 2.75) is 79.1 Å². The standard InChI is InChI=1S/C20H28N2O.C20H29NO2/c1-4-6-15-22(16-7-5-2)19-13-12-18(20(17-19)23-3)11-9-8-10-14-21;1-4-6-14-21(15-7-5-2)19-13-12-18(20(17-19)23-3)11-9-8-10-16-22/h8-13,17H,4-7,15-16H2,1-3H3;8-13,16-17H,4-7,14-15H2,1-3H3/b10-8?,11-9+;10-8+,11-9+. The maximum atomic E-state index is 10.3. The number of anilines is 2. The lowest BCUT2D eigenvalue weighted by Gasteiger charge is -2.25. The second-order valence-corrected chi connectivity index (χ2v) is 11.0. The van der Waals surface area contributed by atoms with Crippen LogP contribution in [0.2, 0.25) is 0 Å². The van der Waals surface area contributed by atoms with Crippen molar-refractivity contribution in [2.75, 3.05) is 50.2 Å². The van der Waals surface area contributed by atoms with Crippen LogP contribution in [-0.4, -0.2) is 46.7 Å². The van der Waals surface area contributed by atoms with Gasteiger partial charge in [-0.1, -0.05) is 89.8 Å². The summed E-state index contributed by atoms with van der Waals surface area (Å²) in [4.78, 5) is 15.2. The molecule has 0 aliphatic rings. The lowest BCUT2D eigenvalue weighted by molar-refractivity contribution is -0.104. The van der Waals surface area contributed by atoms with Crippen molar-refractivity contribution < 1.29 is 14.3 Å². The molecule has 0 aliphatic heterocycles. The van der Waals surface area contributed by atoms with Crippen molar-refractivity contribution in [3.63, 3.8) is 0 Å². The Morgan fingerprint density at radius 1 is 0.630 bits per heavy atom. The van der Waals surface area contributed by atoms with E-state index in [0.29, 0.717) is 0 Å². The Labute approximate surface area is 279 Å². The van der Waals surface area contributed by atoms with Crippen LogP contribution in [0.3, 0.4) is 0 Å². The Morgan fingerprint density at radius 3 is 1.39 bits per heavy atom. The van der Waals surface area contributed by atoms with E-state index in [0.717, 1.165) is 55.1 Å². The van der Waals surface area contributed by atoms with E-state index in [-0.39, 0.29) is 0 Å². The first-order valence-corrected chi connectivity index (χ1v) is 16.9. The minimum Gasteiger partial charge on any atom is -0.496 e. The number of benzene rings is 2. The molecule has 0 heterocycles. The van der Waals surface area contributed by atoms with E-state index in [1.807, 2.05) is 30.4 Å². The summed E-state index contributed by atoms with van der Waals surface area (Å²) >= 11 is 0. The fraction of sp³-hybridized carbons (Fsp3) is 0.450. The maximum absolute atomic E-state index is 10.3. The number of rotatable bonds is 21. The average molecular weight is 628 g/mol. The van der Waals surface area contributed by atoms with Gasteiger partial charge < -0.3 is 19.3 Å². The summed E-state index contributed by atoms with van der Waals surface area (Å²) in [6.45, 7) is 13.2. The number of methoxy groups -OCH3 is 2. The Morgan fingerprint density at radius 2 is 1.04 bits per heavy atom. The van der Waals surface area contributed by atoms with E-state index >= 15 is 0 Å². The van der Waals surface area contributed by atoms with Gasteiger partial charge in [-0.2, -0.15) is 5.26 Å². The van der Waals surface area contributed by atoms with Gasteiger partial charge in [0.25, 0.3) is 0 Å². The molecule has 0 saturated heterocycles. The largest absolute Gasteiger partial charge is 0.496 e. The molecular formula is C40H57N3O3. The third-order valence-electron chi connectivity index (χ3n) is 7.42. The van der Waals surface area contributed by atoms with Crippen molar-refractivity contribution in [1.82, 2.24) is 0 Å². The molecule has 2 rings (SSSR count). The number of nitriles is 1. The first-order valence-electron chi connectivity index (χ1n) is 16.9. The first kappa shape index (κ1) is 39.8. The van der Waals surface area contributed by atoms with E-state index in [1.165, 1.54) is 74.9 Å². The van der Waals surface area contributed by atoms with Crippen LogP contribution in [0, 0.1) is 11.3 Å². The van der Waals surface area contributed by atoms with Crippen molar-refractivity contribution in [2.24, 2.45) is 0 Å². The molecule has 46 heavy (non-hydrogen) atoms. The SMILES string of the molecule is CCCCN(CCCC)c1ccc(/C=C/C=C/C=O)c(OC)c1.CCCCN(CCCC)c1ccc(/C=C/C=CC#N)c(OC)c1. The number of nitrogens with zero attached hydrogens (tertiary/aromatic N) is 3. The highest BCUT2D eigenvalue weighted by molar-refractivity contribution is 5.68. The number of hydrogen-bond acceptors (Lipinski definition) is 6. The second-order valence-electron chi connectivity index (χ2n) is 11.0. The van der Waals surface area contributed by atoms with Crippen molar-refractivity contribution in [3.8, 4) is 17.6 Å². The molecule has 0 spiro atoms. The summed E-state index contributed by atoms with van der Waals surface area (Å²) in [7, 11) is 3.39. The smallest absolute Gasteiger partial charge is 0.142 e. The summed E-state index contributed by atoms with van der Waals surface area (Å²) in [6, 6.07) is 14.6. The van der Waals surface area contributed by atoms with E-state index in [9.17, 15) is 4.79 Å². The molecule has 250 valence electrons. The van der Waals surface area contributed by atoms with Crippen molar-refractivity contribution in [3.05, 3.63) is 84.0 Å². The Balaban J connectivity index is 0.000000460. The molecule has 0 aromatic heterocycles. The number of aldehydes is 1. The Hall–Kier alpha value is -4.24. The molecule has 0 fully saturated rings. The number of allylic oxidation sites excluding steroid dienone is 6. The summed E-state index contributed by atoms with van der Waals surface area (Å²) in [5.41, 5.74) is 4.46. The molecule has 2 aromatic rings. The number of carbonyl (C=O) groups is 1. The minimum absolute atomic E-state index is 0.768. The first-order chi connectivity index (χ1) is 22.5. The van der Waals surface area contributed by atoms with Crippen LogP contribution in [0.5, 0.6) is 11.5 Å². The summed E-state index contributed by atoms with van der Waals surface area (Å²) in [6.07, 6.45) is 24.3. The molecule has 2 aromatic carbocycles. The Kier molecular flexibility index (Phi) is 22.5. The van der Waals surface area contributed by atoms with Crippen LogP contribution in [0.1, 0.15) is 90.2 Å². The monoisotopic (exact) mass is 627 g/mol. The van der Waals surface area contributed by atoms with E-state index in [2.05, 4.69) is 73.9 Å². The predicted molar refractivity (Wildman–Crippen MR) is 198 cm³/mol. The third-order valence-corrected chi connectivity index (χ3v) is 7.42. The Bertz CT molecular complexity index is 1260. The van der Waals surface area contributed by atoms with E-state index < -0.39 is 0 Å². The highest BCUT2D eigenvalue weighted by Gasteiger charge is 2.10. The fourth-order valence-corrected chi connectivity index (χ4v) is 4.73. The molecule has 0 amide bonds. The van der Waals surface area contributed by atoms with Crippen LogP contribution < -0.4 is 19.3 Å². The molecule has 0 N–H and O–H groups in total. The van der Waals surface area contributed by atoms with Gasteiger partial charge in [-0.15, -0.1) is 0 Å². The molecule has 0 unspecified atom stereocenters.